The number of hydrogen-bond acceptors (Lipinski definition) is 7. The van der Waals surface area contributed by atoms with Gasteiger partial charge in [0.1, 0.15) is 11.5 Å². The Morgan fingerprint density at radius 3 is 2.36 bits per heavy atom. The van der Waals surface area contributed by atoms with Crippen LogP contribution in [-0.2, 0) is 4.79 Å². The predicted molar refractivity (Wildman–Crippen MR) is 151 cm³/mol. The van der Waals surface area contributed by atoms with Gasteiger partial charge in [-0.1, -0.05) is 32.9 Å². The Kier molecular flexibility index (Phi) is 10.9. The Morgan fingerprint density at radius 2 is 1.67 bits per heavy atom. The van der Waals surface area contributed by atoms with E-state index in [0.717, 1.165) is 17.5 Å². The Hall–Kier alpha value is -4.33. The molecule has 0 heterocycles. The minimum absolute atomic E-state index is 0.162. The number of aryl methyl sites for hydroxylation is 1. The summed E-state index contributed by atoms with van der Waals surface area (Å²) in [7, 11) is 0. The van der Waals surface area contributed by atoms with Crippen molar-refractivity contribution < 1.29 is 28.5 Å². The van der Waals surface area contributed by atoms with Crippen molar-refractivity contribution in [3.63, 3.8) is 0 Å². The molecule has 0 unspecified atom stereocenters. The normalized spacial score (nSPS) is 10.9. The summed E-state index contributed by atoms with van der Waals surface area (Å²) in [6.07, 6.45) is 2.38. The van der Waals surface area contributed by atoms with Crippen LogP contribution in [0.4, 0.5) is 0 Å². The molecule has 0 aromatic heterocycles. The van der Waals surface area contributed by atoms with Crippen LogP contribution in [0.2, 0.25) is 0 Å². The van der Waals surface area contributed by atoms with E-state index in [-0.39, 0.29) is 18.3 Å². The first-order valence-corrected chi connectivity index (χ1v) is 13.1. The quantitative estimate of drug-likeness (QED) is 0.125. The van der Waals surface area contributed by atoms with Crippen molar-refractivity contribution in [3.05, 3.63) is 82.9 Å². The van der Waals surface area contributed by atoms with Gasteiger partial charge in [-0.15, -0.1) is 0 Å². The van der Waals surface area contributed by atoms with E-state index in [1.54, 1.807) is 42.5 Å². The highest BCUT2D eigenvalue weighted by molar-refractivity contribution is 5.92. The summed E-state index contributed by atoms with van der Waals surface area (Å²) < 4.78 is 22.5. The van der Waals surface area contributed by atoms with Crippen LogP contribution in [0.25, 0.3) is 0 Å². The molecule has 0 aliphatic heterocycles. The number of rotatable bonds is 13. The molecule has 0 saturated carbocycles. The number of hydrogen-bond donors (Lipinski definition) is 1. The fourth-order valence-electron chi connectivity index (χ4n) is 3.51. The van der Waals surface area contributed by atoms with Crippen LogP contribution in [0.3, 0.4) is 0 Å². The highest BCUT2D eigenvalue weighted by atomic mass is 16.6. The van der Waals surface area contributed by atoms with Gasteiger partial charge in [-0.2, -0.15) is 5.10 Å². The zero-order valence-corrected chi connectivity index (χ0v) is 23.2. The molecule has 8 nitrogen and oxygen atoms in total. The monoisotopic (exact) mass is 532 g/mol. The SMILES string of the molecule is CCCOc1ccc(C(=O)Oc2ccc(/C=N/NC(=O)COc3cc(C(C)C)ccc3C)cc2OCC)cc1. The zero-order chi connectivity index (χ0) is 28.2. The van der Waals surface area contributed by atoms with Gasteiger partial charge in [0, 0.05) is 0 Å². The summed E-state index contributed by atoms with van der Waals surface area (Å²) in [6.45, 7) is 10.8. The van der Waals surface area contributed by atoms with Gasteiger partial charge in [0.25, 0.3) is 5.91 Å². The van der Waals surface area contributed by atoms with Crippen LogP contribution in [0.5, 0.6) is 23.0 Å². The number of esters is 1. The smallest absolute Gasteiger partial charge is 0.343 e. The maximum atomic E-state index is 12.7. The van der Waals surface area contributed by atoms with E-state index >= 15 is 0 Å². The van der Waals surface area contributed by atoms with Crippen molar-refractivity contribution in [1.29, 1.82) is 0 Å². The third kappa shape index (κ3) is 8.88. The van der Waals surface area contributed by atoms with E-state index in [0.29, 0.717) is 47.5 Å². The number of hydrazone groups is 1. The number of ether oxygens (including phenoxy) is 4. The molecule has 0 radical (unpaired) electrons. The lowest BCUT2D eigenvalue weighted by Gasteiger charge is -2.12. The number of nitrogens with one attached hydrogen (secondary N) is 1. The fourth-order valence-corrected chi connectivity index (χ4v) is 3.51. The Morgan fingerprint density at radius 1 is 0.897 bits per heavy atom. The summed E-state index contributed by atoms with van der Waals surface area (Å²) >= 11 is 0. The van der Waals surface area contributed by atoms with Crippen molar-refractivity contribution in [2.24, 2.45) is 5.10 Å². The van der Waals surface area contributed by atoms with Crippen molar-refractivity contribution in [2.75, 3.05) is 19.8 Å². The molecule has 3 aromatic rings. The second-order valence-electron chi connectivity index (χ2n) is 9.16. The van der Waals surface area contributed by atoms with Gasteiger partial charge in [0.2, 0.25) is 0 Å². The maximum absolute atomic E-state index is 12.7. The summed E-state index contributed by atoms with van der Waals surface area (Å²) in [5.74, 6) is 1.49. The molecule has 3 aromatic carbocycles. The van der Waals surface area contributed by atoms with Crippen molar-refractivity contribution in [2.45, 2.75) is 47.0 Å². The Labute approximate surface area is 229 Å². The van der Waals surface area contributed by atoms with E-state index in [4.69, 9.17) is 18.9 Å². The lowest BCUT2D eigenvalue weighted by Crippen LogP contribution is -2.24. The number of carbonyl (C=O) groups is 2. The summed E-state index contributed by atoms with van der Waals surface area (Å²) in [4.78, 5) is 24.9. The molecule has 0 atom stereocenters. The van der Waals surface area contributed by atoms with Crippen LogP contribution >= 0.6 is 0 Å². The van der Waals surface area contributed by atoms with E-state index < -0.39 is 5.97 Å². The second-order valence-corrected chi connectivity index (χ2v) is 9.16. The topological polar surface area (TPSA) is 95.5 Å². The molecule has 0 aliphatic rings. The van der Waals surface area contributed by atoms with Crippen LogP contribution in [0.15, 0.2) is 65.8 Å². The van der Waals surface area contributed by atoms with Crippen molar-refractivity contribution >= 4 is 18.1 Å². The molecular weight excluding hydrogens is 496 g/mol. The van der Waals surface area contributed by atoms with Crippen LogP contribution < -0.4 is 24.4 Å². The lowest BCUT2D eigenvalue weighted by atomic mass is 10.0. The molecule has 8 heteroatoms. The molecule has 206 valence electrons. The first-order valence-electron chi connectivity index (χ1n) is 13.1. The molecule has 0 aliphatic carbocycles. The fraction of sp³-hybridized carbons (Fsp3) is 0.323. The molecule has 0 saturated heterocycles. The van der Waals surface area contributed by atoms with Gasteiger partial charge in [0.05, 0.1) is 25.0 Å². The summed E-state index contributed by atoms with van der Waals surface area (Å²) in [5.41, 5.74) is 5.60. The first kappa shape index (κ1) is 29.2. The lowest BCUT2D eigenvalue weighted by molar-refractivity contribution is -0.123. The molecule has 3 rings (SSSR count). The minimum Gasteiger partial charge on any atom is -0.494 e. The van der Waals surface area contributed by atoms with Gasteiger partial charge in [0.15, 0.2) is 18.1 Å². The van der Waals surface area contributed by atoms with E-state index in [9.17, 15) is 9.59 Å². The third-order valence-electron chi connectivity index (χ3n) is 5.67. The maximum Gasteiger partial charge on any atom is 0.343 e. The second kappa shape index (κ2) is 14.6. The summed E-state index contributed by atoms with van der Waals surface area (Å²) in [6, 6.07) is 17.8. The highest BCUT2D eigenvalue weighted by Gasteiger charge is 2.14. The van der Waals surface area contributed by atoms with Crippen molar-refractivity contribution in [1.82, 2.24) is 5.43 Å². The number of benzene rings is 3. The zero-order valence-electron chi connectivity index (χ0n) is 23.2. The average Bonchev–Trinajstić information content (AvgIpc) is 2.93. The van der Waals surface area contributed by atoms with Gasteiger partial charge in [-0.3, -0.25) is 4.79 Å². The number of nitrogens with zero attached hydrogens (tertiary/aromatic N) is 1. The van der Waals surface area contributed by atoms with Gasteiger partial charge >= 0.3 is 5.97 Å². The Balaban J connectivity index is 1.58. The van der Waals surface area contributed by atoms with Crippen LogP contribution in [0, 0.1) is 6.92 Å². The van der Waals surface area contributed by atoms with Crippen LogP contribution in [-0.4, -0.2) is 37.9 Å². The van der Waals surface area contributed by atoms with Crippen molar-refractivity contribution in [3.8, 4) is 23.0 Å². The highest BCUT2D eigenvalue weighted by Crippen LogP contribution is 2.29. The van der Waals surface area contributed by atoms with Gasteiger partial charge < -0.3 is 18.9 Å². The molecule has 0 spiro atoms. The first-order chi connectivity index (χ1) is 18.8. The average molecular weight is 533 g/mol. The van der Waals surface area contributed by atoms with Crippen LogP contribution in [0.1, 0.15) is 67.1 Å². The third-order valence-corrected chi connectivity index (χ3v) is 5.67. The molecule has 39 heavy (non-hydrogen) atoms. The molecule has 0 fully saturated rings. The largest absolute Gasteiger partial charge is 0.494 e. The Bertz CT molecular complexity index is 1280. The van der Waals surface area contributed by atoms with Gasteiger partial charge in [-0.05, 0) is 91.4 Å². The minimum atomic E-state index is -0.513. The molecular formula is C31H36N2O6. The number of carbonyl (C=O) groups excluding carboxylic acids is 2. The molecule has 1 amide bonds. The van der Waals surface area contributed by atoms with E-state index in [1.807, 2.05) is 32.9 Å². The molecule has 0 bridgehead atoms. The standard InChI is InChI=1S/C31H36N2O6/c1-6-16-37-26-13-11-24(12-14-26)31(35)39-27-15-9-23(17-29(27)36-7-2)19-32-33-30(34)20-38-28-18-25(21(3)4)10-8-22(28)5/h8-15,17-19,21H,6-7,16,20H2,1-5H3,(H,33,34)/b32-19+. The van der Waals surface area contributed by atoms with E-state index in [2.05, 4.69) is 30.4 Å². The predicted octanol–water partition coefficient (Wildman–Crippen LogP) is 6.05. The van der Waals surface area contributed by atoms with E-state index in [1.165, 1.54) is 6.21 Å². The molecule has 1 N–H and O–H groups in total. The van der Waals surface area contributed by atoms with Gasteiger partial charge in [-0.25, -0.2) is 10.2 Å². The number of amides is 1. The summed E-state index contributed by atoms with van der Waals surface area (Å²) in [5, 5.41) is 4.01.